The number of carbonyl (C=O) groups excluding carboxylic acids is 1. The molecule has 6 nitrogen and oxygen atoms in total. The summed E-state index contributed by atoms with van der Waals surface area (Å²) in [5.41, 5.74) is 4.73. The molecule has 0 fully saturated rings. The molecule has 2 rings (SSSR count). The van der Waals surface area contributed by atoms with Gasteiger partial charge in [0.1, 0.15) is 0 Å². The molecule has 1 aliphatic heterocycles. The number of hydrogen-bond donors (Lipinski definition) is 2. The highest BCUT2D eigenvalue weighted by molar-refractivity contribution is 5.93. The average molecular weight is 330 g/mol. The van der Waals surface area contributed by atoms with Crippen LogP contribution in [0.15, 0.2) is 41.2 Å². The molecule has 1 aromatic rings. The fraction of sp³-hybridized carbons (Fsp3) is 0.500. The summed E-state index contributed by atoms with van der Waals surface area (Å²) in [4.78, 5) is 25.4. The lowest BCUT2D eigenvalue weighted by Gasteiger charge is -2.08. The minimum absolute atomic E-state index is 0.0567. The number of hydrogen-bond acceptors (Lipinski definition) is 5. The zero-order valence-electron chi connectivity index (χ0n) is 14.0. The van der Waals surface area contributed by atoms with Gasteiger partial charge in [0.25, 0.3) is 5.91 Å². The van der Waals surface area contributed by atoms with Crippen molar-refractivity contribution in [2.24, 2.45) is 4.99 Å². The normalized spacial score (nSPS) is 13.6. The van der Waals surface area contributed by atoms with Crippen LogP contribution in [0.4, 0.5) is 0 Å². The van der Waals surface area contributed by atoms with Crippen LogP contribution in [0.5, 0.6) is 0 Å². The van der Waals surface area contributed by atoms with E-state index in [1.807, 2.05) is 6.21 Å². The number of hydroxylamine groups is 1. The summed E-state index contributed by atoms with van der Waals surface area (Å²) in [6.07, 6.45) is 12.5. The molecule has 1 aromatic heterocycles. The van der Waals surface area contributed by atoms with Crippen molar-refractivity contribution < 1.29 is 9.63 Å². The molecule has 0 radical (unpaired) electrons. The van der Waals surface area contributed by atoms with E-state index in [1.165, 1.54) is 0 Å². The molecule has 6 heteroatoms. The third-order valence-electron chi connectivity index (χ3n) is 3.68. The van der Waals surface area contributed by atoms with Gasteiger partial charge >= 0.3 is 0 Å². The number of nitrogens with one attached hydrogen (secondary N) is 2. The van der Waals surface area contributed by atoms with Gasteiger partial charge in [0.05, 0.1) is 12.2 Å². The van der Waals surface area contributed by atoms with Crippen LogP contribution in [0.1, 0.15) is 42.5 Å². The summed E-state index contributed by atoms with van der Waals surface area (Å²) in [5, 5.41) is 2.91. The lowest BCUT2D eigenvalue weighted by molar-refractivity contribution is 0.0591. The minimum Gasteiger partial charge on any atom is -0.352 e. The van der Waals surface area contributed by atoms with Crippen molar-refractivity contribution in [2.45, 2.75) is 32.1 Å². The number of aromatic nitrogens is 1. The standard InChI is InChI=1S/C18H26N4O2/c23-18(17-8-6-10-20-14-17)21-11-3-1-2-4-12-22-24-15-16-7-5-9-19-13-16/h6-8,10,13-14,22H,1-5,9,11-12,15H2,(H,21,23). The highest BCUT2D eigenvalue weighted by Gasteiger charge is 2.03. The maximum absolute atomic E-state index is 11.8. The summed E-state index contributed by atoms with van der Waals surface area (Å²) in [6.45, 7) is 3.00. The first-order valence-electron chi connectivity index (χ1n) is 8.58. The molecule has 0 aliphatic carbocycles. The summed E-state index contributed by atoms with van der Waals surface area (Å²) in [7, 11) is 0. The van der Waals surface area contributed by atoms with Crippen LogP contribution < -0.4 is 10.8 Å². The fourth-order valence-electron chi connectivity index (χ4n) is 2.34. The first-order valence-corrected chi connectivity index (χ1v) is 8.58. The number of aliphatic imine (C=N–C) groups is 1. The molecule has 2 heterocycles. The van der Waals surface area contributed by atoms with Gasteiger partial charge in [-0.3, -0.25) is 19.6 Å². The van der Waals surface area contributed by atoms with Gasteiger partial charge in [0, 0.05) is 38.2 Å². The molecule has 1 amide bonds. The third-order valence-corrected chi connectivity index (χ3v) is 3.68. The number of unbranched alkanes of at least 4 members (excludes halogenated alkanes) is 3. The predicted molar refractivity (Wildman–Crippen MR) is 95.1 cm³/mol. The van der Waals surface area contributed by atoms with Gasteiger partial charge in [-0.2, -0.15) is 0 Å². The van der Waals surface area contributed by atoms with Crippen LogP contribution in [0.2, 0.25) is 0 Å². The van der Waals surface area contributed by atoms with Crippen LogP contribution in [0.3, 0.4) is 0 Å². The Balaban J connectivity index is 1.38. The van der Waals surface area contributed by atoms with Crippen LogP contribution in [-0.4, -0.2) is 43.3 Å². The first-order chi connectivity index (χ1) is 11.9. The average Bonchev–Trinajstić information content (AvgIpc) is 2.64. The van der Waals surface area contributed by atoms with E-state index in [4.69, 9.17) is 4.84 Å². The minimum atomic E-state index is -0.0567. The maximum atomic E-state index is 11.8. The van der Waals surface area contributed by atoms with Crippen LogP contribution in [0, 0.1) is 0 Å². The number of nitrogens with zero attached hydrogens (tertiary/aromatic N) is 2. The number of amides is 1. The van der Waals surface area contributed by atoms with E-state index in [2.05, 4.69) is 26.8 Å². The second kappa shape index (κ2) is 11.5. The van der Waals surface area contributed by atoms with Gasteiger partial charge < -0.3 is 5.32 Å². The fourth-order valence-corrected chi connectivity index (χ4v) is 2.34. The van der Waals surface area contributed by atoms with Gasteiger partial charge in [0.2, 0.25) is 0 Å². The van der Waals surface area contributed by atoms with Gasteiger partial charge in [0.15, 0.2) is 0 Å². The van der Waals surface area contributed by atoms with E-state index in [0.29, 0.717) is 18.7 Å². The summed E-state index contributed by atoms with van der Waals surface area (Å²) in [5.74, 6) is -0.0567. The van der Waals surface area contributed by atoms with E-state index < -0.39 is 0 Å². The van der Waals surface area contributed by atoms with Gasteiger partial charge in [-0.05, 0) is 37.0 Å². The molecule has 130 valence electrons. The zero-order chi connectivity index (χ0) is 16.9. The van der Waals surface area contributed by atoms with Gasteiger partial charge in [-0.15, -0.1) is 0 Å². The highest BCUT2D eigenvalue weighted by Crippen LogP contribution is 2.02. The Labute approximate surface area is 143 Å². The second-order valence-corrected chi connectivity index (χ2v) is 5.70. The molecule has 1 aliphatic rings. The second-order valence-electron chi connectivity index (χ2n) is 5.70. The Morgan fingerprint density at radius 3 is 2.83 bits per heavy atom. The number of dihydropyridines is 1. The van der Waals surface area contributed by atoms with Crippen molar-refractivity contribution in [3.8, 4) is 0 Å². The molecule has 0 spiro atoms. The quantitative estimate of drug-likeness (QED) is 0.482. The molecule has 0 saturated carbocycles. The van der Waals surface area contributed by atoms with Crippen LogP contribution in [-0.2, 0) is 4.84 Å². The Bertz CT molecular complexity index is 543. The molecule has 0 aromatic carbocycles. The Hall–Kier alpha value is -2.05. The van der Waals surface area contributed by atoms with E-state index in [-0.39, 0.29) is 5.91 Å². The van der Waals surface area contributed by atoms with Crippen molar-refractivity contribution in [3.63, 3.8) is 0 Å². The van der Waals surface area contributed by atoms with Gasteiger partial charge in [-0.25, -0.2) is 5.48 Å². The van der Waals surface area contributed by atoms with Crippen LogP contribution in [0.25, 0.3) is 0 Å². The predicted octanol–water partition coefficient (Wildman–Crippen LogP) is 2.29. The molecular weight excluding hydrogens is 304 g/mol. The Morgan fingerprint density at radius 2 is 2.08 bits per heavy atom. The Kier molecular flexibility index (Phi) is 8.75. The summed E-state index contributed by atoms with van der Waals surface area (Å²) in [6, 6.07) is 3.53. The molecule has 2 N–H and O–H groups in total. The van der Waals surface area contributed by atoms with E-state index >= 15 is 0 Å². The van der Waals surface area contributed by atoms with E-state index in [0.717, 1.165) is 50.8 Å². The van der Waals surface area contributed by atoms with Crippen molar-refractivity contribution in [1.29, 1.82) is 0 Å². The lowest BCUT2D eigenvalue weighted by atomic mass is 10.2. The molecule has 0 bridgehead atoms. The molecule has 24 heavy (non-hydrogen) atoms. The molecule has 0 atom stereocenters. The first kappa shape index (κ1) is 18.3. The zero-order valence-corrected chi connectivity index (χ0v) is 14.0. The largest absolute Gasteiger partial charge is 0.352 e. The third kappa shape index (κ3) is 7.48. The van der Waals surface area contributed by atoms with Crippen molar-refractivity contribution >= 4 is 12.1 Å². The number of pyridine rings is 1. The summed E-state index contributed by atoms with van der Waals surface area (Å²) < 4.78 is 0. The monoisotopic (exact) mass is 330 g/mol. The van der Waals surface area contributed by atoms with Crippen molar-refractivity contribution in [2.75, 3.05) is 26.2 Å². The maximum Gasteiger partial charge on any atom is 0.252 e. The SMILES string of the molecule is O=C(NCCCCCCNOCC1=CCCN=C1)c1cccnc1. The molecule has 0 saturated heterocycles. The smallest absolute Gasteiger partial charge is 0.252 e. The van der Waals surface area contributed by atoms with Crippen molar-refractivity contribution in [1.82, 2.24) is 15.8 Å². The summed E-state index contributed by atoms with van der Waals surface area (Å²) >= 11 is 0. The lowest BCUT2D eigenvalue weighted by Crippen LogP contribution is -2.24. The van der Waals surface area contributed by atoms with Crippen molar-refractivity contribution in [3.05, 3.63) is 41.7 Å². The Morgan fingerprint density at radius 1 is 1.21 bits per heavy atom. The molecular formula is C18H26N4O2. The van der Waals surface area contributed by atoms with E-state index in [1.54, 1.807) is 24.5 Å². The van der Waals surface area contributed by atoms with E-state index in [9.17, 15) is 4.79 Å². The highest BCUT2D eigenvalue weighted by atomic mass is 16.6. The van der Waals surface area contributed by atoms with Gasteiger partial charge in [-0.1, -0.05) is 18.9 Å². The topological polar surface area (TPSA) is 75.6 Å². The molecule has 0 unspecified atom stereocenters. The number of carbonyl (C=O) groups is 1. The van der Waals surface area contributed by atoms with Crippen LogP contribution >= 0.6 is 0 Å². The number of rotatable bonds is 11.